The standard InChI is InChI=1S/C28H26N4O4S3/c1-6-35-26(34)23-17(4)31-28-32(24(23)18-7-10-20(37-5)11-8-18)25(33)21(38-28)14-19-9-12-22(36-19)39-27-29-15(2)13-16(3)30-27/h7-14,24H,6H2,1-5H3/b21-14+/t24-/m1/s1. The van der Waals surface area contributed by atoms with Crippen LogP contribution in [0.15, 0.2) is 83.1 Å². The Labute approximate surface area is 237 Å². The first-order valence-electron chi connectivity index (χ1n) is 12.2. The van der Waals surface area contributed by atoms with Gasteiger partial charge in [0.2, 0.25) is 0 Å². The third-order valence-electron chi connectivity index (χ3n) is 5.98. The number of hydrogen-bond donors (Lipinski definition) is 0. The van der Waals surface area contributed by atoms with Gasteiger partial charge in [0.05, 0.1) is 28.5 Å². The van der Waals surface area contributed by atoms with Crippen LogP contribution in [0.2, 0.25) is 0 Å². The fourth-order valence-electron chi connectivity index (χ4n) is 4.32. The van der Waals surface area contributed by atoms with Crippen LogP contribution in [0.3, 0.4) is 0 Å². The number of benzene rings is 1. The number of ether oxygens (including phenoxy) is 1. The van der Waals surface area contributed by atoms with Crippen molar-refractivity contribution in [1.29, 1.82) is 0 Å². The minimum Gasteiger partial charge on any atom is -0.463 e. The molecule has 11 heteroatoms. The maximum atomic E-state index is 13.8. The molecule has 3 aromatic heterocycles. The van der Waals surface area contributed by atoms with E-state index in [0.29, 0.717) is 36.6 Å². The molecule has 4 aromatic rings. The monoisotopic (exact) mass is 578 g/mol. The number of nitrogens with zero attached hydrogens (tertiary/aromatic N) is 4. The maximum Gasteiger partial charge on any atom is 0.338 e. The molecule has 0 amide bonds. The van der Waals surface area contributed by atoms with Gasteiger partial charge in [-0.1, -0.05) is 23.5 Å². The van der Waals surface area contributed by atoms with Gasteiger partial charge in [0, 0.05) is 22.4 Å². The van der Waals surface area contributed by atoms with Gasteiger partial charge in [-0.3, -0.25) is 9.36 Å². The molecule has 0 spiro atoms. The predicted molar refractivity (Wildman–Crippen MR) is 153 cm³/mol. The third kappa shape index (κ3) is 5.66. The summed E-state index contributed by atoms with van der Waals surface area (Å²) in [5.41, 5.74) is 3.21. The fraction of sp³-hybridized carbons (Fsp3) is 0.250. The molecule has 1 aliphatic rings. The van der Waals surface area contributed by atoms with Gasteiger partial charge >= 0.3 is 5.97 Å². The van der Waals surface area contributed by atoms with Crippen molar-refractivity contribution in [2.45, 2.75) is 48.9 Å². The van der Waals surface area contributed by atoms with Crippen LogP contribution in [-0.2, 0) is 9.53 Å². The number of rotatable bonds is 7. The van der Waals surface area contributed by atoms with Gasteiger partial charge in [0.1, 0.15) is 5.76 Å². The molecule has 1 aliphatic heterocycles. The van der Waals surface area contributed by atoms with E-state index in [4.69, 9.17) is 9.15 Å². The van der Waals surface area contributed by atoms with E-state index < -0.39 is 12.0 Å². The van der Waals surface area contributed by atoms with Crippen LogP contribution in [0.1, 0.15) is 42.6 Å². The molecule has 39 heavy (non-hydrogen) atoms. The summed E-state index contributed by atoms with van der Waals surface area (Å²) >= 11 is 4.20. The van der Waals surface area contributed by atoms with Crippen molar-refractivity contribution in [2.24, 2.45) is 4.99 Å². The summed E-state index contributed by atoms with van der Waals surface area (Å²) in [7, 11) is 0. The topological polar surface area (TPSA) is 99.6 Å². The van der Waals surface area contributed by atoms with Crippen LogP contribution in [-0.4, -0.2) is 33.4 Å². The molecule has 1 atom stereocenters. The SMILES string of the molecule is CCOC(=O)C1=C(C)N=c2s/c(=C/c3ccc(Sc4nc(C)cc(C)n4)o3)c(=O)n2[C@@H]1c1ccc(SC)cc1. The Morgan fingerprint density at radius 1 is 1.13 bits per heavy atom. The van der Waals surface area contributed by atoms with E-state index in [1.54, 1.807) is 42.3 Å². The van der Waals surface area contributed by atoms with Crippen LogP contribution < -0.4 is 14.9 Å². The molecule has 0 N–H and O–H groups in total. The van der Waals surface area contributed by atoms with Crippen molar-refractivity contribution in [2.75, 3.05) is 12.9 Å². The van der Waals surface area contributed by atoms with Crippen molar-refractivity contribution >= 4 is 46.9 Å². The number of fused-ring (bicyclic) bond motifs is 1. The lowest BCUT2D eigenvalue weighted by Gasteiger charge is -2.24. The Balaban J connectivity index is 1.56. The first-order chi connectivity index (χ1) is 18.8. The molecular formula is C28H26N4O4S3. The van der Waals surface area contributed by atoms with Crippen molar-refractivity contribution < 1.29 is 13.9 Å². The summed E-state index contributed by atoms with van der Waals surface area (Å²) in [5.74, 6) is 0.0441. The van der Waals surface area contributed by atoms with Gasteiger partial charge in [-0.25, -0.2) is 19.8 Å². The van der Waals surface area contributed by atoms with Gasteiger partial charge in [0.25, 0.3) is 5.56 Å². The second-order valence-corrected chi connectivity index (χ2v) is 11.6. The molecule has 1 aromatic carbocycles. The normalized spacial score (nSPS) is 15.3. The number of esters is 1. The van der Waals surface area contributed by atoms with Crippen LogP contribution in [0.4, 0.5) is 0 Å². The molecule has 0 aliphatic carbocycles. The van der Waals surface area contributed by atoms with Crippen molar-refractivity contribution in [3.05, 3.63) is 96.1 Å². The van der Waals surface area contributed by atoms with Gasteiger partial charge in [-0.05, 0) is 81.6 Å². The molecule has 0 radical (unpaired) electrons. The number of aromatic nitrogens is 3. The Bertz CT molecular complexity index is 1750. The summed E-state index contributed by atoms with van der Waals surface area (Å²) in [6.45, 7) is 7.60. The molecule has 8 nitrogen and oxygen atoms in total. The Morgan fingerprint density at radius 2 is 1.85 bits per heavy atom. The number of carbonyl (C=O) groups excluding carboxylic acids is 1. The summed E-state index contributed by atoms with van der Waals surface area (Å²) in [6, 6.07) is 12.7. The molecule has 0 fully saturated rings. The molecule has 0 saturated heterocycles. The van der Waals surface area contributed by atoms with Crippen molar-refractivity contribution in [3.63, 3.8) is 0 Å². The average Bonchev–Trinajstić information content (AvgIpc) is 3.46. The maximum absolute atomic E-state index is 13.8. The zero-order chi connectivity index (χ0) is 27.7. The lowest BCUT2D eigenvalue weighted by Crippen LogP contribution is -2.39. The summed E-state index contributed by atoms with van der Waals surface area (Å²) < 4.78 is 13.4. The highest BCUT2D eigenvalue weighted by Crippen LogP contribution is 2.32. The highest BCUT2D eigenvalue weighted by Gasteiger charge is 2.33. The summed E-state index contributed by atoms with van der Waals surface area (Å²) in [6.07, 6.45) is 3.70. The minimum absolute atomic E-state index is 0.226. The molecular weight excluding hydrogens is 553 g/mol. The molecule has 0 unspecified atom stereocenters. The first-order valence-corrected chi connectivity index (χ1v) is 15.1. The van der Waals surface area contributed by atoms with Gasteiger partial charge in [-0.2, -0.15) is 0 Å². The third-order valence-corrected chi connectivity index (χ3v) is 8.49. The van der Waals surface area contributed by atoms with Gasteiger partial charge in [-0.15, -0.1) is 11.8 Å². The van der Waals surface area contributed by atoms with E-state index in [2.05, 4.69) is 15.0 Å². The largest absolute Gasteiger partial charge is 0.463 e. The lowest BCUT2D eigenvalue weighted by molar-refractivity contribution is -0.139. The zero-order valence-corrected chi connectivity index (χ0v) is 24.5. The van der Waals surface area contributed by atoms with Crippen LogP contribution >= 0.6 is 34.9 Å². The van der Waals surface area contributed by atoms with E-state index in [0.717, 1.165) is 21.8 Å². The smallest absolute Gasteiger partial charge is 0.338 e. The lowest BCUT2D eigenvalue weighted by atomic mass is 9.96. The highest BCUT2D eigenvalue weighted by atomic mass is 32.2. The van der Waals surface area contributed by atoms with E-state index in [1.807, 2.05) is 56.5 Å². The second kappa shape index (κ2) is 11.4. The quantitative estimate of drug-likeness (QED) is 0.177. The number of hydrogen-bond acceptors (Lipinski definition) is 10. The number of thiazole rings is 1. The molecule has 5 rings (SSSR count). The van der Waals surface area contributed by atoms with E-state index in [1.165, 1.54) is 23.1 Å². The summed E-state index contributed by atoms with van der Waals surface area (Å²) in [5, 5.41) is 1.22. The zero-order valence-electron chi connectivity index (χ0n) is 22.0. The Morgan fingerprint density at radius 3 is 2.51 bits per heavy atom. The number of aryl methyl sites for hydroxylation is 2. The Hall–Kier alpha value is -3.41. The minimum atomic E-state index is -0.650. The Kier molecular flexibility index (Phi) is 7.92. The number of carbonyl (C=O) groups is 1. The molecule has 0 bridgehead atoms. The average molecular weight is 579 g/mol. The first kappa shape index (κ1) is 27.2. The summed E-state index contributed by atoms with van der Waals surface area (Å²) in [4.78, 5) is 41.9. The number of thioether (sulfide) groups is 1. The predicted octanol–water partition coefficient (Wildman–Crippen LogP) is 4.67. The van der Waals surface area contributed by atoms with E-state index in [9.17, 15) is 9.59 Å². The number of allylic oxidation sites excluding steroid dienone is 1. The molecule has 4 heterocycles. The number of furan rings is 1. The van der Waals surface area contributed by atoms with Gasteiger partial charge in [0.15, 0.2) is 15.1 Å². The van der Waals surface area contributed by atoms with Crippen LogP contribution in [0.5, 0.6) is 0 Å². The van der Waals surface area contributed by atoms with Crippen LogP contribution in [0.25, 0.3) is 6.08 Å². The van der Waals surface area contributed by atoms with E-state index in [-0.39, 0.29) is 12.2 Å². The van der Waals surface area contributed by atoms with Crippen molar-refractivity contribution in [3.8, 4) is 0 Å². The fourth-order valence-corrected chi connectivity index (χ4v) is 6.59. The highest BCUT2D eigenvalue weighted by molar-refractivity contribution is 7.99. The second-order valence-electron chi connectivity index (χ2n) is 8.77. The molecule has 200 valence electrons. The van der Waals surface area contributed by atoms with Gasteiger partial charge < -0.3 is 9.15 Å². The molecule has 0 saturated carbocycles. The van der Waals surface area contributed by atoms with E-state index >= 15 is 0 Å². The van der Waals surface area contributed by atoms with Crippen molar-refractivity contribution in [1.82, 2.24) is 14.5 Å². The van der Waals surface area contributed by atoms with Crippen LogP contribution in [0, 0.1) is 13.8 Å².